The molecule has 0 unspecified atom stereocenters. The topological polar surface area (TPSA) is 81.8 Å². The molecule has 0 saturated heterocycles. The molecule has 0 spiro atoms. The van der Waals surface area contributed by atoms with E-state index in [0.29, 0.717) is 37.1 Å². The van der Waals surface area contributed by atoms with Gasteiger partial charge < -0.3 is 5.32 Å². The molecule has 5 rings (SSSR count). The van der Waals surface area contributed by atoms with E-state index in [2.05, 4.69) is 21.5 Å². The molecule has 0 aliphatic rings. The molecule has 2 aromatic heterocycles. The molecular formula is C27H25N5O2. The number of hydrogen-bond acceptors (Lipinski definition) is 4. The predicted octanol–water partition coefficient (Wildman–Crippen LogP) is 3.46. The minimum atomic E-state index is -0.127. The van der Waals surface area contributed by atoms with E-state index in [-0.39, 0.29) is 11.5 Å². The second kappa shape index (κ2) is 9.31. The number of nitrogens with zero attached hydrogens (tertiary/aromatic N) is 4. The van der Waals surface area contributed by atoms with Crippen LogP contribution in [-0.2, 0) is 24.3 Å². The summed E-state index contributed by atoms with van der Waals surface area (Å²) in [5.41, 5.74) is 3.59. The smallest absolute Gasteiger partial charge is 0.264 e. The molecule has 0 aliphatic carbocycles. The Hall–Kier alpha value is -4.26. The molecule has 0 bridgehead atoms. The molecule has 0 aliphatic heterocycles. The van der Waals surface area contributed by atoms with Crippen LogP contribution in [0.25, 0.3) is 21.8 Å². The molecule has 0 saturated carbocycles. The van der Waals surface area contributed by atoms with E-state index in [4.69, 9.17) is 0 Å². The van der Waals surface area contributed by atoms with E-state index >= 15 is 0 Å². The van der Waals surface area contributed by atoms with Crippen molar-refractivity contribution in [3.63, 3.8) is 0 Å². The Kier molecular flexibility index (Phi) is 5.91. The van der Waals surface area contributed by atoms with Crippen molar-refractivity contribution >= 4 is 27.7 Å². The highest BCUT2D eigenvalue weighted by Crippen LogP contribution is 2.18. The Morgan fingerprint density at radius 2 is 1.82 bits per heavy atom. The Labute approximate surface area is 196 Å². The third kappa shape index (κ3) is 4.45. The molecule has 170 valence electrons. The van der Waals surface area contributed by atoms with Gasteiger partial charge >= 0.3 is 0 Å². The minimum absolute atomic E-state index is 0.0544. The molecule has 1 amide bonds. The molecule has 0 atom stereocenters. The van der Waals surface area contributed by atoms with Crippen molar-refractivity contribution in [2.75, 3.05) is 6.54 Å². The van der Waals surface area contributed by atoms with Crippen molar-refractivity contribution in [2.24, 2.45) is 0 Å². The van der Waals surface area contributed by atoms with Gasteiger partial charge in [-0.05, 0) is 28.8 Å². The first-order valence-electron chi connectivity index (χ1n) is 11.3. The lowest BCUT2D eigenvalue weighted by atomic mass is 10.0. The average Bonchev–Trinajstić information content (AvgIpc) is 3.25. The van der Waals surface area contributed by atoms with Crippen LogP contribution in [0.1, 0.15) is 16.7 Å². The maximum atomic E-state index is 12.9. The number of aromatic nitrogens is 4. The Morgan fingerprint density at radius 3 is 2.71 bits per heavy atom. The van der Waals surface area contributed by atoms with Gasteiger partial charge in [-0.15, -0.1) is 0 Å². The highest BCUT2D eigenvalue weighted by molar-refractivity contribution is 5.90. The highest BCUT2D eigenvalue weighted by atomic mass is 16.1. The number of amides is 1. The van der Waals surface area contributed by atoms with E-state index in [0.717, 1.165) is 27.5 Å². The minimum Gasteiger partial charge on any atom is -0.354 e. The standard InChI is InChI=1S/C27H25N5O2/c1-19-6-4-7-20(14-19)17-31-18-29-26-24(27(31)34)16-30-32(26)13-12-28-25(33)15-22-10-5-9-21-8-2-3-11-23(21)22/h2-11,14,16,18H,12-13,15,17H2,1H3,(H,28,33). The Morgan fingerprint density at radius 1 is 1.00 bits per heavy atom. The van der Waals surface area contributed by atoms with Crippen molar-refractivity contribution in [2.45, 2.75) is 26.4 Å². The number of aryl methyl sites for hydroxylation is 1. The van der Waals surface area contributed by atoms with Gasteiger partial charge in [0, 0.05) is 6.54 Å². The van der Waals surface area contributed by atoms with E-state index in [1.165, 1.54) is 0 Å². The third-order valence-corrected chi connectivity index (χ3v) is 5.93. The van der Waals surface area contributed by atoms with Crippen LogP contribution in [0.4, 0.5) is 0 Å². The summed E-state index contributed by atoms with van der Waals surface area (Å²) in [5, 5.41) is 9.96. The summed E-state index contributed by atoms with van der Waals surface area (Å²) in [4.78, 5) is 29.9. The van der Waals surface area contributed by atoms with E-state index in [1.807, 2.05) is 67.6 Å². The van der Waals surface area contributed by atoms with Gasteiger partial charge in [-0.1, -0.05) is 72.3 Å². The first kappa shape index (κ1) is 21.6. The number of carbonyl (C=O) groups excluding carboxylic acids is 1. The number of fused-ring (bicyclic) bond motifs is 2. The van der Waals surface area contributed by atoms with Crippen LogP contribution in [0.15, 0.2) is 84.0 Å². The van der Waals surface area contributed by atoms with Crippen LogP contribution in [-0.4, -0.2) is 31.8 Å². The molecule has 0 fully saturated rings. The molecule has 1 N–H and O–H groups in total. The summed E-state index contributed by atoms with van der Waals surface area (Å²) < 4.78 is 3.25. The van der Waals surface area contributed by atoms with Crippen LogP contribution in [0, 0.1) is 6.92 Å². The number of carbonyl (C=O) groups is 1. The number of rotatable bonds is 7. The van der Waals surface area contributed by atoms with Crippen LogP contribution in [0.3, 0.4) is 0 Å². The van der Waals surface area contributed by atoms with Crippen molar-refractivity contribution in [1.29, 1.82) is 0 Å². The van der Waals surface area contributed by atoms with Crippen LogP contribution in [0.5, 0.6) is 0 Å². The first-order chi connectivity index (χ1) is 16.6. The summed E-state index contributed by atoms with van der Waals surface area (Å²) in [6, 6.07) is 22.1. The quantitative estimate of drug-likeness (QED) is 0.411. The zero-order valence-corrected chi connectivity index (χ0v) is 18.9. The van der Waals surface area contributed by atoms with Gasteiger partial charge in [0.15, 0.2) is 5.65 Å². The van der Waals surface area contributed by atoms with Crippen molar-refractivity contribution in [1.82, 2.24) is 24.6 Å². The Balaban J connectivity index is 1.24. The van der Waals surface area contributed by atoms with Crippen LogP contribution in [0.2, 0.25) is 0 Å². The summed E-state index contributed by atoms with van der Waals surface area (Å²) in [6.45, 7) is 3.31. The number of nitrogens with one attached hydrogen (secondary N) is 1. The first-order valence-corrected chi connectivity index (χ1v) is 11.3. The summed E-state index contributed by atoms with van der Waals surface area (Å²) >= 11 is 0. The highest BCUT2D eigenvalue weighted by Gasteiger charge is 2.11. The lowest BCUT2D eigenvalue weighted by molar-refractivity contribution is -0.120. The predicted molar refractivity (Wildman–Crippen MR) is 133 cm³/mol. The van der Waals surface area contributed by atoms with Crippen LogP contribution < -0.4 is 10.9 Å². The maximum Gasteiger partial charge on any atom is 0.264 e. The monoisotopic (exact) mass is 451 g/mol. The normalized spacial score (nSPS) is 11.2. The lowest BCUT2D eigenvalue weighted by Crippen LogP contribution is -2.29. The number of benzene rings is 3. The van der Waals surface area contributed by atoms with Crippen molar-refractivity contribution < 1.29 is 4.79 Å². The fraction of sp³-hybridized carbons (Fsp3) is 0.185. The molecule has 7 heteroatoms. The molecule has 7 nitrogen and oxygen atoms in total. The van der Waals surface area contributed by atoms with Crippen LogP contribution >= 0.6 is 0 Å². The van der Waals surface area contributed by atoms with Gasteiger partial charge in [0.05, 0.1) is 25.7 Å². The second-order valence-corrected chi connectivity index (χ2v) is 8.44. The van der Waals surface area contributed by atoms with Crippen molar-refractivity contribution in [3.8, 4) is 0 Å². The fourth-order valence-electron chi connectivity index (χ4n) is 4.26. The lowest BCUT2D eigenvalue weighted by Gasteiger charge is -2.09. The summed E-state index contributed by atoms with van der Waals surface area (Å²) in [6.07, 6.45) is 3.42. The van der Waals surface area contributed by atoms with Gasteiger partial charge in [-0.25, -0.2) is 9.67 Å². The van der Waals surface area contributed by atoms with Gasteiger partial charge in [0.2, 0.25) is 5.91 Å². The van der Waals surface area contributed by atoms with E-state index in [1.54, 1.807) is 21.8 Å². The third-order valence-electron chi connectivity index (χ3n) is 5.93. The zero-order valence-electron chi connectivity index (χ0n) is 18.9. The van der Waals surface area contributed by atoms with E-state index < -0.39 is 0 Å². The molecule has 34 heavy (non-hydrogen) atoms. The largest absolute Gasteiger partial charge is 0.354 e. The SMILES string of the molecule is Cc1cccc(Cn2cnc3c(cnn3CCNC(=O)Cc3cccc4ccccc34)c2=O)c1. The van der Waals surface area contributed by atoms with Gasteiger partial charge in [0.1, 0.15) is 11.7 Å². The van der Waals surface area contributed by atoms with Gasteiger partial charge in [0.25, 0.3) is 5.56 Å². The molecule has 2 heterocycles. The zero-order chi connectivity index (χ0) is 23.5. The van der Waals surface area contributed by atoms with Crippen molar-refractivity contribution in [3.05, 3.63) is 106 Å². The summed E-state index contributed by atoms with van der Waals surface area (Å²) in [5.74, 6) is -0.0544. The second-order valence-electron chi connectivity index (χ2n) is 8.44. The average molecular weight is 452 g/mol. The Bertz CT molecular complexity index is 1540. The summed E-state index contributed by atoms with van der Waals surface area (Å²) in [7, 11) is 0. The number of hydrogen-bond donors (Lipinski definition) is 1. The van der Waals surface area contributed by atoms with Gasteiger partial charge in [-0.3, -0.25) is 14.2 Å². The molecule has 3 aromatic carbocycles. The molecule has 5 aromatic rings. The van der Waals surface area contributed by atoms with E-state index in [9.17, 15) is 9.59 Å². The molecular weight excluding hydrogens is 426 g/mol. The molecule has 0 radical (unpaired) electrons. The fourth-order valence-corrected chi connectivity index (χ4v) is 4.26. The maximum absolute atomic E-state index is 12.9. The van der Waals surface area contributed by atoms with Gasteiger partial charge in [-0.2, -0.15) is 5.10 Å².